The largest absolute Gasteiger partial charge is 0.493 e. The average Bonchev–Trinajstić information content (AvgIpc) is 2.75. The van der Waals surface area contributed by atoms with Crippen LogP contribution in [-0.4, -0.2) is 66.8 Å². The highest BCUT2D eigenvalue weighted by molar-refractivity contribution is 5.66. The lowest BCUT2D eigenvalue weighted by atomic mass is 9.69. The maximum atomic E-state index is 11.2. The van der Waals surface area contributed by atoms with E-state index in [0.717, 1.165) is 48.9 Å². The number of hydrogen-bond donors (Lipinski definition) is 1. The lowest BCUT2D eigenvalue weighted by molar-refractivity contribution is -0.137. The molecule has 166 valence electrons. The van der Waals surface area contributed by atoms with Gasteiger partial charge in [-0.1, -0.05) is 12.1 Å². The van der Waals surface area contributed by atoms with E-state index in [-0.39, 0.29) is 6.42 Å². The summed E-state index contributed by atoms with van der Waals surface area (Å²) in [4.78, 5) is 16.5. The molecule has 3 aliphatic heterocycles. The van der Waals surface area contributed by atoms with Crippen molar-refractivity contribution in [2.75, 3.05) is 33.9 Å². The first-order valence-corrected chi connectivity index (χ1v) is 11.5. The maximum absolute atomic E-state index is 11.2. The van der Waals surface area contributed by atoms with Gasteiger partial charge < -0.3 is 14.6 Å². The quantitative estimate of drug-likeness (QED) is 0.698. The first-order chi connectivity index (χ1) is 14.6. The van der Waals surface area contributed by atoms with Gasteiger partial charge >= 0.3 is 5.97 Å². The maximum Gasteiger partial charge on any atom is 0.303 e. The monoisotopic (exact) mass is 416 g/mol. The fraction of sp³-hybridized carbons (Fsp3) is 0.708. The highest BCUT2D eigenvalue weighted by Gasteiger charge is 2.48. The van der Waals surface area contributed by atoms with Crippen molar-refractivity contribution >= 4 is 5.97 Å². The van der Waals surface area contributed by atoms with Crippen LogP contribution in [0.5, 0.6) is 11.5 Å². The number of rotatable bonds is 8. The highest BCUT2D eigenvalue weighted by Crippen LogP contribution is 2.44. The number of para-hydroxylation sites is 1. The predicted octanol–water partition coefficient (Wildman–Crippen LogP) is 3.63. The molecule has 1 N–H and O–H groups in total. The third kappa shape index (κ3) is 4.30. The van der Waals surface area contributed by atoms with E-state index in [1.807, 2.05) is 12.1 Å². The van der Waals surface area contributed by atoms with E-state index in [9.17, 15) is 9.90 Å². The van der Waals surface area contributed by atoms with Crippen LogP contribution < -0.4 is 9.47 Å². The van der Waals surface area contributed by atoms with Crippen LogP contribution in [0.15, 0.2) is 18.2 Å². The van der Waals surface area contributed by atoms with Gasteiger partial charge in [0.25, 0.3) is 0 Å². The van der Waals surface area contributed by atoms with E-state index in [2.05, 4.69) is 15.9 Å². The second-order valence-corrected chi connectivity index (χ2v) is 9.17. The molecular formula is C24H36N2O4. The average molecular weight is 417 g/mol. The van der Waals surface area contributed by atoms with Crippen molar-refractivity contribution in [3.05, 3.63) is 23.8 Å². The Morgan fingerprint density at radius 2 is 1.97 bits per heavy atom. The molecule has 3 aliphatic rings. The number of benzene rings is 1. The molecule has 3 heterocycles. The van der Waals surface area contributed by atoms with Gasteiger partial charge in [0.2, 0.25) is 0 Å². The molecular weight excluding hydrogens is 380 g/mol. The second-order valence-electron chi connectivity index (χ2n) is 9.17. The first kappa shape index (κ1) is 21.4. The van der Waals surface area contributed by atoms with Crippen molar-refractivity contribution in [2.45, 2.75) is 63.6 Å². The third-order valence-electron chi connectivity index (χ3n) is 7.53. The van der Waals surface area contributed by atoms with Crippen LogP contribution >= 0.6 is 0 Å². The molecule has 6 nitrogen and oxygen atoms in total. The number of hydrogen-bond acceptors (Lipinski definition) is 5. The number of likely N-dealkylation sites (tertiary alicyclic amines) is 1. The number of carboxylic acids is 1. The molecule has 3 fully saturated rings. The van der Waals surface area contributed by atoms with Crippen LogP contribution in [0.3, 0.4) is 0 Å². The van der Waals surface area contributed by atoms with Crippen LogP contribution in [0.2, 0.25) is 0 Å². The van der Waals surface area contributed by atoms with Gasteiger partial charge in [0.1, 0.15) is 0 Å². The zero-order chi connectivity index (χ0) is 21.1. The summed E-state index contributed by atoms with van der Waals surface area (Å²) < 4.78 is 11.2. The summed E-state index contributed by atoms with van der Waals surface area (Å²) in [5.74, 6) is 2.27. The molecule has 4 rings (SSSR count). The van der Waals surface area contributed by atoms with Gasteiger partial charge in [-0.3, -0.25) is 14.6 Å². The van der Waals surface area contributed by atoms with Gasteiger partial charge in [-0.15, -0.1) is 0 Å². The lowest BCUT2D eigenvalue weighted by Crippen LogP contribution is -2.64. The van der Waals surface area contributed by atoms with Crippen molar-refractivity contribution in [3.63, 3.8) is 0 Å². The van der Waals surface area contributed by atoms with Crippen molar-refractivity contribution in [1.82, 2.24) is 9.80 Å². The number of nitrogens with zero attached hydrogens (tertiary/aromatic N) is 2. The molecule has 0 amide bonds. The third-order valence-corrected chi connectivity index (χ3v) is 7.53. The molecule has 0 saturated carbocycles. The zero-order valence-electron chi connectivity index (χ0n) is 18.4. The van der Waals surface area contributed by atoms with Crippen molar-refractivity contribution in [2.24, 2.45) is 11.8 Å². The van der Waals surface area contributed by atoms with Crippen LogP contribution in [0, 0.1) is 11.8 Å². The Morgan fingerprint density at radius 3 is 2.70 bits per heavy atom. The van der Waals surface area contributed by atoms with E-state index in [0.29, 0.717) is 18.0 Å². The predicted molar refractivity (Wildman–Crippen MR) is 116 cm³/mol. The van der Waals surface area contributed by atoms with E-state index < -0.39 is 5.97 Å². The minimum Gasteiger partial charge on any atom is -0.493 e. The summed E-state index contributed by atoms with van der Waals surface area (Å²) in [6.45, 7) is 4.40. The van der Waals surface area contributed by atoms with Gasteiger partial charge in [-0.2, -0.15) is 0 Å². The van der Waals surface area contributed by atoms with Crippen LogP contribution in [-0.2, 0) is 11.3 Å². The van der Waals surface area contributed by atoms with E-state index in [1.54, 1.807) is 14.2 Å². The SMILES string of the molecule is COc1cccc(CN2C[C@H]3CCCN4CCC[C@@H]([C@H]34)[C@H]2CCCC(=O)O)c1OC. The van der Waals surface area contributed by atoms with Gasteiger partial charge in [0, 0.05) is 37.2 Å². The smallest absolute Gasteiger partial charge is 0.303 e. The Balaban J connectivity index is 1.60. The highest BCUT2D eigenvalue weighted by atomic mass is 16.5. The number of aliphatic carboxylic acids is 1. The lowest BCUT2D eigenvalue weighted by Gasteiger charge is -2.57. The molecule has 1 aromatic carbocycles. The summed E-state index contributed by atoms with van der Waals surface area (Å²) in [6, 6.07) is 7.23. The molecule has 0 bridgehead atoms. The van der Waals surface area contributed by atoms with Crippen LogP contribution in [0.4, 0.5) is 0 Å². The number of piperidine rings is 3. The fourth-order valence-corrected chi connectivity index (χ4v) is 6.42. The summed E-state index contributed by atoms with van der Waals surface area (Å²) in [5, 5.41) is 9.18. The molecule has 0 aliphatic carbocycles. The van der Waals surface area contributed by atoms with Crippen molar-refractivity contribution in [1.29, 1.82) is 0 Å². The topological polar surface area (TPSA) is 62.2 Å². The molecule has 0 aromatic heterocycles. The summed E-state index contributed by atoms with van der Waals surface area (Å²) in [6.07, 6.45) is 7.11. The zero-order valence-corrected chi connectivity index (χ0v) is 18.4. The molecule has 3 saturated heterocycles. The number of carboxylic acid groups (broad SMARTS) is 1. The Morgan fingerprint density at radius 1 is 1.17 bits per heavy atom. The molecule has 0 radical (unpaired) electrons. The minimum atomic E-state index is -0.687. The summed E-state index contributed by atoms with van der Waals surface area (Å²) in [5.41, 5.74) is 1.15. The molecule has 30 heavy (non-hydrogen) atoms. The van der Waals surface area contributed by atoms with E-state index >= 15 is 0 Å². The molecule has 6 heteroatoms. The Kier molecular flexibility index (Phi) is 6.84. The normalized spacial score (nSPS) is 29.3. The second kappa shape index (κ2) is 9.56. The van der Waals surface area contributed by atoms with E-state index in [1.165, 1.54) is 38.8 Å². The summed E-state index contributed by atoms with van der Waals surface area (Å²) >= 11 is 0. The fourth-order valence-electron chi connectivity index (χ4n) is 6.42. The van der Waals surface area contributed by atoms with Gasteiger partial charge in [0.15, 0.2) is 11.5 Å². The van der Waals surface area contributed by atoms with Crippen molar-refractivity contribution in [3.8, 4) is 11.5 Å². The van der Waals surface area contributed by atoms with Gasteiger partial charge in [-0.25, -0.2) is 0 Å². The summed E-state index contributed by atoms with van der Waals surface area (Å²) in [7, 11) is 3.39. The van der Waals surface area contributed by atoms with Gasteiger partial charge in [0.05, 0.1) is 14.2 Å². The number of carbonyl (C=O) groups is 1. The van der Waals surface area contributed by atoms with Gasteiger partial charge in [-0.05, 0) is 69.5 Å². The first-order valence-electron chi connectivity index (χ1n) is 11.5. The Labute approximate surface area is 180 Å². The van der Waals surface area contributed by atoms with Crippen LogP contribution in [0.25, 0.3) is 0 Å². The molecule has 0 spiro atoms. The molecule has 0 unspecified atom stereocenters. The number of ether oxygens (including phenoxy) is 2. The number of methoxy groups -OCH3 is 2. The Bertz CT molecular complexity index is 738. The molecule has 1 aromatic rings. The minimum absolute atomic E-state index is 0.261. The van der Waals surface area contributed by atoms with Crippen molar-refractivity contribution < 1.29 is 19.4 Å². The van der Waals surface area contributed by atoms with Crippen LogP contribution in [0.1, 0.15) is 50.5 Å². The molecule has 4 atom stereocenters. The Hall–Kier alpha value is -1.79. The standard InChI is InChI=1S/C24H36N2O4/c1-29-21-11-3-7-18(24(21)30-2)16-26-15-17-8-5-13-25-14-6-9-19(23(17)25)20(26)10-4-12-22(27)28/h3,7,11,17,19-20,23H,4-6,8-10,12-16H2,1-2H3,(H,27,28)/t17-,19-,20-,23+/m1/s1. The van der Waals surface area contributed by atoms with E-state index in [4.69, 9.17) is 9.47 Å².